The molecule has 0 fully saturated rings. The zero-order valence-electron chi connectivity index (χ0n) is 34.3. The highest BCUT2D eigenvalue weighted by atomic mass is 35.7. The smallest absolute Gasteiger partial charge is 0.147 e. The molecular formula is C39H72Cl2O4S7Si. The van der Waals surface area contributed by atoms with Gasteiger partial charge in [-0.15, -0.1) is 0 Å². The highest BCUT2D eigenvalue weighted by Gasteiger charge is 2.11. The van der Waals surface area contributed by atoms with Crippen molar-refractivity contribution in [2.45, 2.75) is 135 Å². The molecule has 0 aliphatic rings. The van der Waals surface area contributed by atoms with Crippen molar-refractivity contribution in [3.8, 4) is 0 Å². The quantitative estimate of drug-likeness (QED) is 0.0504. The molecule has 0 spiro atoms. The summed E-state index contributed by atoms with van der Waals surface area (Å²) < 4.78 is 43.6. The van der Waals surface area contributed by atoms with Crippen molar-refractivity contribution in [2.24, 2.45) is 11.8 Å². The summed E-state index contributed by atoms with van der Waals surface area (Å²) in [6.45, 7) is 22.5. The fourth-order valence-corrected chi connectivity index (χ4v) is 14.0. The van der Waals surface area contributed by atoms with Crippen LogP contribution in [0.25, 0.3) is 0 Å². The summed E-state index contributed by atoms with van der Waals surface area (Å²) in [5, 5.41) is 0. The highest BCUT2D eigenvalue weighted by Crippen LogP contribution is 2.19. The fraction of sp³-hybridized carbons (Fsp3) is 0.692. The summed E-state index contributed by atoms with van der Waals surface area (Å²) >= 11 is 2.14. The molecule has 53 heavy (non-hydrogen) atoms. The lowest BCUT2D eigenvalue weighted by molar-refractivity contribution is 0.622. The van der Waals surface area contributed by atoms with Gasteiger partial charge >= 0.3 is 0 Å². The Bertz CT molecular complexity index is 1170. The maximum atomic E-state index is 11.6. The van der Waals surface area contributed by atoms with E-state index in [4.69, 9.17) is 21.4 Å². The molecule has 0 N–H and O–H groups in total. The third kappa shape index (κ3) is 49.0. The van der Waals surface area contributed by atoms with Crippen LogP contribution in [0.1, 0.15) is 99.8 Å². The van der Waals surface area contributed by atoms with E-state index in [-0.39, 0.29) is 0 Å². The molecule has 4 nitrogen and oxygen atoms in total. The van der Waals surface area contributed by atoms with Crippen molar-refractivity contribution in [2.75, 3.05) is 34.5 Å². The van der Waals surface area contributed by atoms with Gasteiger partial charge in [-0.05, 0) is 107 Å². The van der Waals surface area contributed by atoms with E-state index in [0.29, 0.717) is 22.5 Å². The van der Waals surface area contributed by atoms with Gasteiger partial charge in [-0.1, -0.05) is 145 Å². The van der Waals surface area contributed by atoms with Crippen LogP contribution in [-0.2, 0) is 39.7 Å². The van der Waals surface area contributed by atoms with Crippen molar-refractivity contribution >= 4 is 102 Å². The average molecular weight is 928 g/mol. The standard InChI is InChI=1S/C10H14OS2.C9H20OS2.C9H22SSi.C6H5ClOS.C5H11ClOS/c1-2-3-9-12-13(11)10-7-5-4-6-8-10;1-4-5-7-11-12(10)8-6-9(2)3;1-5-6-7-10-8-9-11(2,3)4;7-9(8)6-4-2-1-3-5-6;1-5(2)3-4-8(6)7/h4-8H,2-3,9H2,1H3;9H,4-8H2,1-3H3;5-9H2,1-4H3;1-5H;5H,3-4H2,1-2H3. The zero-order chi connectivity index (χ0) is 40.9. The van der Waals surface area contributed by atoms with Crippen molar-refractivity contribution in [3.63, 3.8) is 0 Å². The van der Waals surface area contributed by atoms with Gasteiger partial charge in [0.15, 0.2) is 0 Å². The van der Waals surface area contributed by atoms with Crippen LogP contribution in [0, 0.1) is 11.8 Å². The predicted molar refractivity (Wildman–Crippen MR) is 257 cm³/mol. The Balaban J connectivity index is -0.000000596. The van der Waals surface area contributed by atoms with E-state index < -0.39 is 47.8 Å². The molecule has 0 aromatic heterocycles. The minimum atomic E-state index is -1.36. The number of hydrogen-bond acceptors (Lipinski definition) is 7. The molecule has 0 saturated carbocycles. The average Bonchev–Trinajstić information content (AvgIpc) is 3.11. The fourth-order valence-electron chi connectivity index (χ4n) is 3.15. The molecule has 0 bridgehead atoms. The first-order valence-corrected chi connectivity index (χ1v) is 33.3. The Hall–Kier alpha value is 0.887. The number of halogens is 2. The van der Waals surface area contributed by atoms with E-state index in [1.807, 2.05) is 36.4 Å². The Morgan fingerprint density at radius 1 is 0.604 bits per heavy atom. The summed E-state index contributed by atoms with van der Waals surface area (Å²) in [7, 11) is 8.91. The molecule has 14 heteroatoms. The SMILES string of the molecule is CC(C)CCS(=O)Cl.CCCCSCC[Si](C)(C)C.CCCCSS(=O)CCC(C)C.CCCCSS(=O)c1ccccc1.O=S(Cl)c1ccccc1. The van der Waals surface area contributed by atoms with E-state index >= 15 is 0 Å². The number of hydrogen-bond donors (Lipinski definition) is 0. The summed E-state index contributed by atoms with van der Waals surface area (Å²) in [5.74, 6) is 7.60. The molecule has 0 heterocycles. The van der Waals surface area contributed by atoms with Gasteiger partial charge < -0.3 is 0 Å². The minimum absolute atomic E-state index is 0.609. The van der Waals surface area contributed by atoms with E-state index in [1.54, 1.807) is 35.1 Å². The molecule has 0 aliphatic heterocycles. The second kappa shape index (κ2) is 41.1. The molecule has 0 radical (unpaired) electrons. The van der Waals surface area contributed by atoms with Crippen LogP contribution < -0.4 is 0 Å². The number of unbranched alkanes of at least 4 members (excludes halogenated alkanes) is 3. The molecule has 2 rings (SSSR count). The largest absolute Gasteiger partial charge is 0.248 e. The second-order valence-electron chi connectivity index (χ2n) is 14.1. The summed E-state index contributed by atoms with van der Waals surface area (Å²) in [4.78, 5) is 1.57. The van der Waals surface area contributed by atoms with Gasteiger partial charge in [-0.2, -0.15) is 11.8 Å². The molecule has 0 aliphatic carbocycles. The molecule has 312 valence electrons. The third-order valence-corrected chi connectivity index (χ3v) is 18.1. The van der Waals surface area contributed by atoms with E-state index in [2.05, 4.69) is 79.9 Å². The van der Waals surface area contributed by atoms with E-state index in [0.717, 1.165) is 41.4 Å². The summed E-state index contributed by atoms with van der Waals surface area (Å²) in [6.07, 6.45) is 9.49. The van der Waals surface area contributed by atoms with Crippen molar-refractivity contribution in [3.05, 3.63) is 60.7 Å². The van der Waals surface area contributed by atoms with Gasteiger partial charge in [-0.3, -0.25) is 0 Å². The van der Waals surface area contributed by atoms with E-state index in [1.165, 1.54) is 60.4 Å². The normalized spacial score (nSPS) is 13.1. The molecule has 0 saturated heterocycles. The third-order valence-electron chi connectivity index (χ3n) is 6.62. The highest BCUT2D eigenvalue weighted by molar-refractivity contribution is 8.69. The van der Waals surface area contributed by atoms with Crippen molar-refractivity contribution in [1.29, 1.82) is 0 Å². The Labute approximate surface area is 358 Å². The van der Waals surface area contributed by atoms with Crippen molar-refractivity contribution < 1.29 is 16.8 Å². The molecule has 4 atom stereocenters. The Morgan fingerprint density at radius 3 is 1.42 bits per heavy atom. The van der Waals surface area contributed by atoms with Gasteiger partial charge in [0.05, 0.1) is 14.7 Å². The lowest BCUT2D eigenvalue weighted by Gasteiger charge is -2.14. The molecule has 2 aromatic carbocycles. The monoisotopic (exact) mass is 926 g/mol. The van der Waals surface area contributed by atoms with Gasteiger partial charge in [0, 0.05) is 36.0 Å². The van der Waals surface area contributed by atoms with Crippen LogP contribution in [0.5, 0.6) is 0 Å². The first kappa shape index (κ1) is 58.2. The van der Waals surface area contributed by atoms with Crippen LogP contribution in [-0.4, -0.2) is 59.4 Å². The Kier molecular flexibility index (Phi) is 45.1. The zero-order valence-corrected chi connectivity index (χ0v) is 42.5. The molecule has 2 aromatic rings. The maximum absolute atomic E-state index is 11.6. The van der Waals surface area contributed by atoms with Crippen molar-refractivity contribution in [1.82, 2.24) is 0 Å². The van der Waals surface area contributed by atoms with E-state index in [9.17, 15) is 16.8 Å². The maximum Gasteiger partial charge on any atom is 0.147 e. The van der Waals surface area contributed by atoms with Crippen LogP contribution in [0.2, 0.25) is 25.7 Å². The van der Waals surface area contributed by atoms with Crippen LogP contribution in [0.4, 0.5) is 0 Å². The van der Waals surface area contributed by atoms with Crippen LogP contribution >= 0.6 is 54.7 Å². The molecule has 0 amide bonds. The van der Waals surface area contributed by atoms with Gasteiger partial charge in [0.2, 0.25) is 0 Å². The lowest BCUT2D eigenvalue weighted by Crippen LogP contribution is -2.19. The number of rotatable bonds is 22. The van der Waals surface area contributed by atoms with Gasteiger partial charge in [-0.25, -0.2) is 16.8 Å². The Morgan fingerprint density at radius 2 is 1.04 bits per heavy atom. The van der Waals surface area contributed by atoms with Crippen LogP contribution in [0.3, 0.4) is 0 Å². The lowest BCUT2D eigenvalue weighted by atomic mass is 10.2. The van der Waals surface area contributed by atoms with Gasteiger partial charge in [0.25, 0.3) is 0 Å². The number of thioether (sulfide) groups is 1. The van der Waals surface area contributed by atoms with Gasteiger partial charge in [0.1, 0.15) is 29.9 Å². The second-order valence-corrected chi connectivity index (χ2v) is 31.4. The first-order chi connectivity index (χ1) is 25.0. The summed E-state index contributed by atoms with van der Waals surface area (Å²) in [5.41, 5.74) is 0. The topological polar surface area (TPSA) is 68.3 Å². The predicted octanol–water partition coefficient (Wildman–Crippen LogP) is 14.2. The molecular weight excluding hydrogens is 856 g/mol. The first-order valence-electron chi connectivity index (χ1n) is 18.9. The number of benzene rings is 2. The molecule has 4 unspecified atom stereocenters. The minimum Gasteiger partial charge on any atom is -0.248 e. The summed E-state index contributed by atoms with van der Waals surface area (Å²) in [6, 6.07) is 20.0. The van der Waals surface area contributed by atoms with Crippen LogP contribution in [0.15, 0.2) is 70.5 Å².